The Bertz CT molecular complexity index is 259. The minimum atomic E-state index is 0.377. The van der Waals surface area contributed by atoms with Crippen LogP contribution in [0.5, 0.6) is 0 Å². The zero-order valence-corrected chi connectivity index (χ0v) is 11.3. The number of rotatable bonds is 4. The number of nitrogens with zero attached hydrogens (tertiary/aromatic N) is 2. The lowest BCUT2D eigenvalue weighted by Crippen LogP contribution is -2.42. The number of amides is 1. The van der Waals surface area contributed by atoms with E-state index in [1.807, 2.05) is 0 Å². The van der Waals surface area contributed by atoms with Crippen LogP contribution in [-0.2, 0) is 4.79 Å². The van der Waals surface area contributed by atoms with E-state index in [4.69, 9.17) is 0 Å². The maximum Gasteiger partial charge on any atom is 0.223 e. The SMILES string of the molecule is CC(C)CC(=O)N1CCC[C@@H]1CN1CCCC1. The van der Waals surface area contributed by atoms with Crippen LogP contribution < -0.4 is 0 Å². The zero-order valence-electron chi connectivity index (χ0n) is 11.3. The van der Waals surface area contributed by atoms with Crippen molar-refractivity contribution in [2.45, 2.75) is 52.0 Å². The molecule has 17 heavy (non-hydrogen) atoms. The molecule has 0 aliphatic carbocycles. The lowest BCUT2D eigenvalue weighted by molar-refractivity contribution is -0.133. The van der Waals surface area contributed by atoms with Crippen molar-refractivity contribution in [3.8, 4) is 0 Å². The van der Waals surface area contributed by atoms with Gasteiger partial charge in [-0.15, -0.1) is 0 Å². The van der Waals surface area contributed by atoms with Crippen LogP contribution in [0.4, 0.5) is 0 Å². The Balaban J connectivity index is 1.85. The summed E-state index contributed by atoms with van der Waals surface area (Å²) in [4.78, 5) is 16.8. The molecule has 0 aromatic carbocycles. The predicted molar refractivity (Wildman–Crippen MR) is 69.9 cm³/mol. The average Bonchev–Trinajstić information content (AvgIpc) is 2.88. The molecule has 0 unspecified atom stereocenters. The van der Waals surface area contributed by atoms with Gasteiger partial charge in [0.15, 0.2) is 0 Å². The molecule has 0 aromatic rings. The fourth-order valence-electron chi connectivity index (χ4n) is 3.08. The fraction of sp³-hybridized carbons (Fsp3) is 0.929. The first-order valence-electron chi connectivity index (χ1n) is 7.18. The third-order valence-corrected chi connectivity index (χ3v) is 3.95. The molecule has 2 aliphatic rings. The molecule has 0 bridgehead atoms. The minimum absolute atomic E-state index is 0.377. The monoisotopic (exact) mass is 238 g/mol. The second-order valence-corrected chi connectivity index (χ2v) is 5.99. The molecule has 0 saturated carbocycles. The van der Waals surface area contributed by atoms with Gasteiger partial charge in [-0.2, -0.15) is 0 Å². The Morgan fingerprint density at radius 3 is 2.53 bits per heavy atom. The lowest BCUT2D eigenvalue weighted by atomic mass is 10.1. The van der Waals surface area contributed by atoms with Crippen LogP contribution in [0.25, 0.3) is 0 Å². The third kappa shape index (κ3) is 3.44. The average molecular weight is 238 g/mol. The van der Waals surface area contributed by atoms with Gasteiger partial charge in [0, 0.05) is 25.6 Å². The highest BCUT2D eigenvalue weighted by Crippen LogP contribution is 2.22. The van der Waals surface area contributed by atoms with E-state index >= 15 is 0 Å². The van der Waals surface area contributed by atoms with Crippen molar-refractivity contribution in [3.05, 3.63) is 0 Å². The predicted octanol–water partition coefficient (Wildman–Crippen LogP) is 2.12. The molecular formula is C14H26N2O. The molecular weight excluding hydrogens is 212 g/mol. The topological polar surface area (TPSA) is 23.6 Å². The van der Waals surface area contributed by atoms with E-state index in [0.29, 0.717) is 17.9 Å². The van der Waals surface area contributed by atoms with E-state index < -0.39 is 0 Å². The molecule has 2 fully saturated rings. The van der Waals surface area contributed by atoms with E-state index in [-0.39, 0.29) is 0 Å². The van der Waals surface area contributed by atoms with E-state index in [1.54, 1.807) is 0 Å². The summed E-state index contributed by atoms with van der Waals surface area (Å²) in [5, 5.41) is 0. The van der Waals surface area contributed by atoms with Gasteiger partial charge < -0.3 is 9.80 Å². The molecule has 3 heteroatoms. The van der Waals surface area contributed by atoms with Crippen LogP contribution >= 0.6 is 0 Å². The molecule has 0 N–H and O–H groups in total. The van der Waals surface area contributed by atoms with Gasteiger partial charge in [0.25, 0.3) is 0 Å². The van der Waals surface area contributed by atoms with Crippen LogP contribution in [0.2, 0.25) is 0 Å². The smallest absolute Gasteiger partial charge is 0.223 e. The summed E-state index contributed by atoms with van der Waals surface area (Å²) >= 11 is 0. The summed E-state index contributed by atoms with van der Waals surface area (Å²) in [5.41, 5.74) is 0. The van der Waals surface area contributed by atoms with Crippen LogP contribution in [0, 0.1) is 5.92 Å². The molecule has 0 spiro atoms. The maximum atomic E-state index is 12.1. The second kappa shape index (κ2) is 5.85. The number of likely N-dealkylation sites (tertiary alicyclic amines) is 2. The van der Waals surface area contributed by atoms with Gasteiger partial charge in [-0.05, 0) is 44.7 Å². The van der Waals surface area contributed by atoms with E-state index in [0.717, 1.165) is 19.5 Å². The van der Waals surface area contributed by atoms with Crippen molar-refractivity contribution < 1.29 is 4.79 Å². The van der Waals surface area contributed by atoms with Gasteiger partial charge in [-0.3, -0.25) is 4.79 Å². The van der Waals surface area contributed by atoms with Gasteiger partial charge in [0.2, 0.25) is 5.91 Å². The van der Waals surface area contributed by atoms with Crippen molar-refractivity contribution in [2.75, 3.05) is 26.2 Å². The molecule has 98 valence electrons. The summed E-state index contributed by atoms with van der Waals surface area (Å²) in [6, 6.07) is 0.499. The lowest BCUT2D eigenvalue weighted by Gasteiger charge is -2.29. The first kappa shape index (κ1) is 12.9. The summed E-state index contributed by atoms with van der Waals surface area (Å²) in [6.07, 6.45) is 5.80. The molecule has 3 nitrogen and oxygen atoms in total. The standard InChI is InChI=1S/C14H26N2O/c1-12(2)10-14(17)16-9-5-6-13(16)11-15-7-3-4-8-15/h12-13H,3-11H2,1-2H3/t13-/m1/s1. The Morgan fingerprint density at radius 2 is 1.88 bits per heavy atom. The Morgan fingerprint density at radius 1 is 1.18 bits per heavy atom. The molecule has 0 radical (unpaired) electrons. The Labute approximate surface area is 105 Å². The second-order valence-electron chi connectivity index (χ2n) is 5.99. The van der Waals surface area contributed by atoms with Gasteiger partial charge in [0.05, 0.1) is 0 Å². The first-order valence-corrected chi connectivity index (χ1v) is 7.18. The molecule has 2 aliphatic heterocycles. The molecule has 0 aromatic heterocycles. The highest BCUT2D eigenvalue weighted by atomic mass is 16.2. The normalized spacial score (nSPS) is 26.1. The minimum Gasteiger partial charge on any atom is -0.338 e. The van der Waals surface area contributed by atoms with Gasteiger partial charge in [-0.1, -0.05) is 13.8 Å². The largest absolute Gasteiger partial charge is 0.338 e. The summed E-state index contributed by atoms with van der Waals surface area (Å²) in [7, 11) is 0. The Kier molecular flexibility index (Phi) is 4.43. The summed E-state index contributed by atoms with van der Waals surface area (Å²) in [6.45, 7) is 8.84. The first-order chi connectivity index (χ1) is 8.16. The van der Waals surface area contributed by atoms with Crippen molar-refractivity contribution in [2.24, 2.45) is 5.92 Å². The molecule has 1 amide bonds. The van der Waals surface area contributed by atoms with E-state index in [1.165, 1.54) is 38.8 Å². The van der Waals surface area contributed by atoms with E-state index in [9.17, 15) is 4.79 Å². The van der Waals surface area contributed by atoms with Crippen molar-refractivity contribution in [1.29, 1.82) is 0 Å². The summed E-state index contributed by atoms with van der Waals surface area (Å²) < 4.78 is 0. The summed E-state index contributed by atoms with van der Waals surface area (Å²) in [5.74, 6) is 0.859. The number of carbonyl (C=O) groups is 1. The molecule has 2 heterocycles. The highest BCUT2D eigenvalue weighted by Gasteiger charge is 2.30. The van der Waals surface area contributed by atoms with Gasteiger partial charge in [0.1, 0.15) is 0 Å². The van der Waals surface area contributed by atoms with Gasteiger partial charge >= 0.3 is 0 Å². The Hall–Kier alpha value is -0.570. The van der Waals surface area contributed by atoms with Crippen molar-refractivity contribution in [1.82, 2.24) is 9.80 Å². The van der Waals surface area contributed by atoms with Gasteiger partial charge in [-0.25, -0.2) is 0 Å². The van der Waals surface area contributed by atoms with Crippen molar-refractivity contribution in [3.63, 3.8) is 0 Å². The number of carbonyl (C=O) groups excluding carboxylic acids is 1. The van der Waals surface area contributed by atoms with Crippen LogP contribution in [0.3, 0.4) is 0 Å². The highest BCUT2D eigenvalue weighted by molar-refractivity contribution is 5.77. The fourth-order valence-corrected chi connectivity index (χ4v) is 3.08. The van der Waals surface area contributed by atoms with Crippen LogP contribution in [-0.4, -0.2) is 47.9 Å². The van der Waals surface area contributed by atoms with Crippen LogP contribution in [0.15, 0.2) is 0 Å². The number of hydrogen-bond acceptors (Lipinski definition) is 2. The molecule has 2 rings (SSSR count). The van der Waals surface area contributed by atoms with E-state index in [2.05, 4.69) is 23.6 Å². The molecule has 2 saturated heterocycles. The van der Waals surface area contributed by atoms with Crippen LogP contribution in [0.1, 0.15) is 46.0 Å². The third-order valence-electron chi connectivity index (χ3n) is 3.95. The number of hydrogen-bond donors (Lipinski definition) is 0. The zero-order chi connectivity index (χ0) is 12.3. The maximum absolute atomic E-state index is 12.1. The molecule has 1 atom stereocenters. The van der Waals surface area contributed by atoms with Crippen molar-refractivity contribution >= 4 is 5.91 Å². The quantitative estimate of drug-likeness (QED) is 0.749.